The van der Waals surface area contributed by atoms with Gasteiger partial charge in [0.05, 0.1) is 10.9 Å². The first-order valence-corrected chi connectivity index (χ1v) is 12.6. The number of nitrogens with zero attached hydrogens (tertiary/aromatic N) is 1. The van der Waals surface area contributed by atoms with Crippen LogP contribution < -0.4 is 4.72 Å². The zero-order chi connectivity index (χ0) is 25.2. The Hall–Kier alpha value is -3.27. The van der Waals surface area contributed by atoms with E-state index in [-0.39, 0.29) is 22.4 Å². The fourth-order valence-electron chi connectivity index (χ4n) is 3.98. The van der Waals surface area contributed by atoms with Crippen LogP contribution in [0.4, 0.5) is 4.39 Å². The second kappa shape index (κ2) is 10.2. The van der Waals surface area contributed by atoms with E-state index in [1.807, 2.05) is 0 Å². The van der Waals surface area contributed by atoms with Gasteiger partial charge in [-0.05, 0) is 47.9 Å². The van der Waals surface area contributed by atoms with Gasteiger partial charge in [-0.3, -0.25) is 9.59 Å². The van der Waals surface area contributed by atoms with E-state index in [9.17, 15) is 22.4 Å². The first kappa shape index (κ1) is 24.8. The molecule has 2 amide bonds. The average molecular weight is 517 g/mol. The molecule has 4 rings (SSSR count). The van der Waals surface area contributed by atoms with Crippen molar-refractivity contribution in [3.05, 3.63) is 100 Å². The summed E-state index contributed by atoms with van der Waals surface area (Å²) in [5, 5.41) is 0.243. The number of carbonyl (C=O) groups is 2. The molecule has 1 fully saturated rings. The Morgan fingerprint density at radius 1 is 1.09 bits per heavy atom. The molecule has 0 radical (unpaired) electrons. The van der Waals surface area contributed by atoms with E-state index in [2.05, 4.69) is 4.72 Å². The zero-order valence-corrected chi connectivity index (χ0v) is 20.2. The van der Waals surface area contributed by atoms with Crippen molar-refractivity contribution in [2.75, 3.05) is 6.61 Å². The van der Waals surface area contributed by atoms with Gasteiger partial charge in [-0.15, -0.1) is 0 Å². The summed E-state index contributed by atoms with van der Waals surface area (Å²) < 4.78 is 47.1. The summed E-state index contributed by atoms with van der Waals surface area (Å²) in [7, 11) is -4.27. The van der Waals surface area contributed by atoms with Crippen LogP contribution in [0, 0.1) is 12.7 Å². The lowest BCUT2D eigenvalue weighted by Gasteiger charge is -2.40. The Morgan fingerprint density at radius 3 is 2.46 bits per heavy atom. The molecule has 3 aromatic carbocycles. The van der Waals surface area contributed by atoms with Crippen molar-refractivity contribution < 1.29 is 27.1 Å². The van der Waals surface area contributed by atoms with Gasteiger partial charge in [0.1, 0.15) is 12.4 Å². The van der Waals surface area contributed by atoms with Crippen molar-refractivity contribution >= 4 is 33.4 Å². The van der Waals surface area contributed by atoms with Crippen molar-refractivity contribution in [3.8, 4) is 0 Å². The van der Waals surface area contributed by atoms with E-state index in [0.29, 0.717) is 16.7 Å². The number of ether oxygens (including phenoxy) is 1. The van der Waals surface area contributed by atoms with Gasteiger partial charge in [0.2, 0.25) is 5.91 Å². The van der Waals surface area contributed by atoms with Gasteiger partial charge in [-0.2, -0.15) is 0 Å². The lowest BCUT2D eigenvalue weighted by atomic mass is 9.96. The largest absolute Gasteiger partial charge is 0.356 e. The first-order chi connectivity index (χ1) is 16.7. The molecule has 1 N–H and O–H groups in total. The van der Waals surface area contributed by atoms with Crippen molar-refractivity contribution in [3.63, 3.8) is 0 Å². The number of halogens is 2. The molecule has 10 heteroatoms. The second-order valence-corrected chi connectivity index (χ2v) is 10.1. The summed E-state index contributed by atoms with van der Waals surface area (Å²) >= 11 is 6.06. The van der Waals surface area contributed by atoms with Crippen LogP contribution in [0.2, 0.25) is 5.02 Å². The molecule has 0 spiro atoms. The minimum atomic E-state index is -4.27. The molecule has 1 saturated heterocycles. The molecular formula is C25H22ClFN2O5S. The molecule has 0 unspecified atom stereocenters. The van der Waals surface area contributed by atoms with E-state index in [4.69, 9.17) is 16.3 Å². The number of rotatable bonds is 6. The fourth-order valence-corrected chi connectivity index (χ4v) is 5.47. The first-order valence-electron chi connectivity index (χ1n) is 10.7. The Balaban J connectivity index is 1.68. The summed E-state index contributed by atoms with van der Waals surface area (Å²) in [6.45, 7) is 1.19. The maximum absolute atomic E-state index is 13.4. The summed E-state index contributed by atoms with van der Waals surface area (Å²) in [5.41, 5.74) is 1.52. The lowest BCUT2D eigenvalue weighted by Crippen LogP contribution is -2.54. The Morgan fingerprint density at radius 2 is 1.77 bits per heavy atom. The highest BCUT2D eigenvalue weighted by Gasteiger charge is 2.43. The number of hydrogen-bond acceptors (Lipinski definition) is 5. The SMILES string of the molecule is Cc1c(Cl)cccc1S(=O)(=O)NC(=O)[C@@H]1OCC(=O)N(Cc2ccc(F)cc2)[C@@H]1c1ccccc1. The number of carbonyl (C=O) groups excluding carboxylic acids is 2. The fraction of sp³-hybridized carbons (Fsp3) is 0.200. The van der Waals surface area contributed by atoms with Crippen molar-refractivity contribution in [2.45, 2.75) is 30.5 Å². The third-order valence-electron chi connectivity index (χ3n) is 5.74. The van der Waals surface area contributed by atoms with Gasteiger partial charge in [0, 0.05) is 11.6 Å². The highest BCUT2D eigenvalue weighted by molar-refractivity contribution is 7.90. The number of nitrogens with one attached hydrogen (secondary N) is 1. The van der Waals surface area contributed by atoms with Gasteiger partial charge in [0.15, 0.2) is 6.10 Å². The number of amides is 2. The van der Waals surface area contributed by atoms with E-state index >= 15 is 0 Å². The summed E-state index contributed by atoms with van der Waals surface area (Å²) in [5.74, 6) is -1.73. The van der Waals surface area contributed by atoms with Crippen LogP contribution in [0.1, 0.15) is 22.7 Å². The van der Waals surface area contributed by atoms with Gasteiger partial charge in [0.25, 0.3) is 15.9 Å². The predicted molar refractivity (Wildman–Crippen MR) is 127 cm³/mol. The van der Waals surface area contributed by atoms with E-state index < -0.39 is 40.5 Å². The van der Waals surface area contributed by atoms with Crippen molar-refractivity contribution in [1.82, 2.24) is 9.62 Å². The predicted octanol–water partition coefficient (Wildman–Crippen LogP) is 3.76. The molecular weight excluding hydrogens is 495 g/mol. The molecule has 1 aliphatic rings. The minimum absolute atomic E-state index is 0.0754. The quantitative estimate of drug-likeness (QED) is 0.538. The van der Waals surface area contributed by atoms with E-state index in [0.717, 1.165) is 0 Å². The molecule has 3 aromatic rings. The molecule has 7 nitrogen and oxygen atoms in total. The molecule has 0 aliphatic carbocycles. The number of morpholine rings is 1. The zero-order valence-electron chi connectivity index (χ0n) is 18.6. The van der Waals surface area contributed by atoms with E-state index in [1.54, 1.807) is 48.5 Å². The lowest BCUT2D eigenvalue weighted by molar-refractivity contribution is -0.164. The number of sulfonamides is 1. The van der Waals surface area contributed by atoms with Crippen LogP contribution in [0.3, 0.4) is 0 Å². The molecule has 182 valence electrons. The van der Waals surface area contributed by atoms with Gasteiger partial charge >= 0.3 is 0 Å². The Bertz CT molecular complexity index is 1350. The summed E-state index contributed by atoms with van der Waals surface area (Å²) in [4.78, 5) is 27.5. The highest BCUT2D eigenvalue weighted by atomic mass is 35.5. The average Bonchev–Trinajstić information content (AvgIpc) is 2.83. The van der Waals surface area contributed by atoms with Crippen molar-refractivity contribution in [1.29, 1.82) is 0 Å². The van der Waals surface area contributed by atoms with Crippen LogP contribution in [0.25, 0.3) is 0 Å². The molecule has 0 aromatic heterocycles. The van der Waals surface area contributed by atoms with Gasteiger partial charge in [-0.1, -0.05) is 60.1 Å². The summed E-state index contributed by atoms with van der Waals surface area (Å²) in [6.07, 6.45) is -1.31. The molecule has 0 bridgehead atoms. The van der Waals surface area contributed by atoms with Gasteiger partial charge in [-0.25, -0.2) is 17.5 Å². The molecule has 1 heterocycles. The van der Waals surface area contributed by atoms with Crippen LogP contribution in [-0.2, 0) is 30.9 Å². The number of hydrogen-bond donors (Lipinski definition) is 1. The third kappa shape index (κ3) is 5.37. The smallest absolute Gasteiger partial charge is 0.265 e. The molecule has 1 aliphatic heterocycles. The van der Waals surface area contributed by atoms with Gasteiger partial charge < -0.3 is 9.64 Å². The Labute approximate surface area is 207 Å². The molecule has 35 heavy (non-hydrogen) atoms. The maximum Gasteiger partial charge on any atom is 0.265 e. The number of benzene rings is 3. The van der Waals surface area contributed by atoms with Crippen LogP contribution in [0.15, 0.2) is 77.7 Å². The maximum atomic E-state index is 13.4. The minimum Gasteiger partial charge on any atom is -0.356 e. The normalized spacial score (nSPS) is 18.4. The van der Waals surface area contributed by atoms with Crippen molar-refractivity contribution in [2.24, 2.45) is 0 Å². The van der Waals surface area contributed by atoms with Crippen LogP contribution >= 0.6 is 11.6 Å². The topological polar surface area (TPSA) is 92.8 Å². The van der Waals surface area contributed by atoms with Crippen LogP contribution in [0.5, 0.6) is 0 Å². The highest BCUT2D eigenvalue weighted by Crippen LogP contribution is 2.32. The second-order valence-electron chi connectivity index (χ2n) is 8.07. The van der Waals surface area contributed by atoms with Crippen LogP contribution in [-0.4, -0.2) is 37.8 Å². The molecule has 0 saturated carbocycles. The standard InChI is InChI=1S/C25H22ClFN2O5S/c1-16-20(26)8-5-9-21(16)35(32,33)28-25(31)24-23(18-6-3-2-4-7-18)29(22(30)15-34-24)14-17-10-12-19(27)13-11-17/h2-13,23-24H,14-15H2,1H3,(H,28,31)/t23-,24-/m1/s1. The Kier molecular flexibility index (Phi) is 7.20. The van der Waals surface area contributed by atoms with E-state index in [1.165, 1.54) is 36.1 Å². The monoisotopic (exact) mass is 516 g/mol. The third-order valence-corrected chi connectivity index (χ3v) is 7.64. The molecule has 2 atom stereocenters. The summed E-state index contributed by atoms with van der Waals surface area (Å²) in [6, 6.07) is 17.8.